The molecule has 2 aromatic carbocycles. The Hall–Kier alpha value is -2.87. The summed E-state index contributed by atoms with van der Waals surface area (Å²) in [4.78, 5) is 23.6. The van der Waals surface area contributed by atoms with Gasteiger partial charge in [-0.2, -0.15) is 0 Å². The third kappa shape index (κ3) is 5.88. The van der Waals surface area contributed by atoms with Gasteiger partial charge in [0.1, 0.15) is 6.26 Å². The van der Waals surface area contributed by atoms with Gasteiger partial charge in [-0.1, -0.05) is 23.7 Å². The number of amides is 1. The summed E-state index contributed by atoms with van der Waals surface area (Å²) in [5, 5.41) is 3.42. The van der Waals surface area contributed by atoms with Crippen molar-refractivity contribution >= 4 is 28.9 Å². The number of piperazine rings is 1. The van der Waals surface area contributed by atoms with Crippen molar-refractivity contribution in [2.75, 3.05) is 50.5 Å². The zero-order valence-electron chi connectivity index (χ0n) is 18.4. The molecule has 3 aromatic rings. The molecular formula is C24H28ClN5O2. The fourth-order valence-electron chi connectivity index (χ4n) is 3.67. The van der Waals surface area contributed by atoms with Gasteiger partial charge in [-0.15, -0.1) is 0 Å². The van der Waals surface area contributed by atoms with Gasteiger partial charge in [0, 0.05) is 63.2 Å². The lowest BCUT2D eigenvalue weighted by Gasteiger charge is -2.34. The Labute approximate surface area is 193 Å². The van der Waals surface area contributed by atoms with Crippen LogP contribution in [0.1, 0.15) is 21.9 Å². The largest absolute Gasteiger partial charge is 0.447 e. The van der Waals surface area contributed by atoms with Crippen LogP contribution in [0.4, 0.5) is 11.4 Å². The van der Waals surface area contributed by atoms with Crippen LogP contribution in [0.5, 0.6) is 0 Å². The summed E-state index contributed by atoms with van der Waals surface area (Å²) >= 11 is 5.88. The average molecular weight is 454 g/mol. The second kappa shape index (κ2) is 10.2. The van der Waals surface area contributed by atoms with Crippen LogP contribution in [0.3, 0.4) is 0 Å². The number of carbonyl (C=O) groups excluding carboxylic acids is 1. The zero-order valence-corrected chi connectivity index (χ0v) is 19.2. The summed E-state index contributed by atoms with van der Waals surface area (Å²) in [5.41, 5.74) is 3.48. The van der Waals surface area contributed by atoms with Crippen LogP contribution in [-0.2, 0) is 13.1 Å². The lowest BCUT2D eigenvalue weighted by Crippen LogP contribution is -2.45. The minimum Gasteiger partial charge on any atom is -0.447 e. The van der Waals surface area contributed by atoms with Gasteiger partial charge in [-0.05, 0) is 42.0 Å². The number of benzene rings is 2. The minimum absolute atomic E-state index is 0.273. The van der Waals surface area contributed by atoms with Crippen LogP contribution in [0.2, 0.25) is 5.02 Å². The van der Waals surface area contributed by atoms with Gasteiger partial charge in [-0.25, -0.2) is 4.98 Å². The zero-order chi connectivity index (χ0) is 22.5. The van der Waals surface area contributed by atoms with Gasteiger partial charge in [0.25, 0.3) is 5.91 Å². The maximum atomic E-state index is 12.4. The summed E-state index contributed by atoms with van der Waals surface area (Å²) in [7, 11) is 4.11. The Morgan fingerprint density at radius 3 is 2.25 bits per heavy atom. The lowest BCUT2D eigenvalue weighted by molar-refractivity contribution is 0.102. The van der Waals surface area contributed by atoms with Crippen molar-refractivity contribution in [1.29, 1.82) is 0 Å². The van der Waals surface area contributed by atoms with E-state index >= 15 is 0 Å². The Morgan fingerprint density at radius 2 is 1.62 bits per heavy atom. The molecule has 7 nitrogen and oxygen atoms in total. The van der Waals surface area contributed by atoms with Crippen molar-refractivity contribution in [3.63, 3.8) is 0 Å². The monoisotopic (exact) mass is 453 g/mol. The highest BCUT2D eigenvalue weighted by Gasteiger charge is 2.20. The molecule has 0 atom stereocenters. The predicted molar refractivity (Wildman–Crippen MR) is 127 cm³/mol. The number of nitrogens with one attached hydrogen (secondary N) is 1. The summed E-state index contributed by atoms with van der Waals surface area (Å²) < 4.78 is 5.55. The highest BCUT2D eigenvalue weighted by molar-refractivity contribution is 6.30. The summed E-state index contributed by atoms with van der Waals surface area (Å²) in [6.45, 7) is 5.39. The van der Waals surface area contributed by atoms with Crippen molar-refractivity contribution in [3.8, 4) is 0 Å². The van der Waals surface area contributed by atoms with E-state index in [1.165, 1.54) is 17.5 Å². The first-order valence-electron chi connectivity index (χ1n) is 10.7. The number of oxazole rings is 1. The molecule has 32 heavy (non-hydrogen) atoms. The maximum Gasteiger partial charge on any atom is 0.277 e. The number of hydrogen-bond acceptors (Lipinski definition) is 6. The first-order chi connectivity index (χ1) is 15.5. The van der Waals surface area contributed by atoms with Crippen LogP contribution < -0.4 is 10.2 Å². The van der Waals surface area contributed by atoms with E-state index in [-0.39, 0.29) is 11.6 Å². The highest BCUT2D eigenvalue weighted by atomic mass is 35.5. The maximum absolute atomic E-state index is 12.4. The molecule has 1 saturated heterocycles. The molecule has 0 unspecified atom stereocenters. The van der Waals surface area contributed by atoms with Crippen molar-refractivity contribution in [2.24, 2.45) is 0 Å². The summed E-state index contributed by atoms with van der Waals surface area (Å²) in [5.74, 6) is 0.256. The van der Waals surface area contributed by atoms with Gasteiger partial charge in [0.15, 0.2) is 5.69 Å². The molecule has 8 heteroatoms. The molecule has 0 aliphatic carbocycles. The van der Waals surface area contributed by atoms with Crippen molar-refractivity contribution in [2.45, 2.75) is 13.1 Å². The summed E-state index contributed by atoms with van der Waals surface area (Å²) in [6, 6.07) is 15.7. The number of rotatable bonds is 7. The van der Waals surface area contributed by atoms with Crippen molar-refractivity contribution in [1.82, 2.24) is 14.8 Å². The average Bonchev–Trinajstić information content (AvgIpc) is 3.26. The van der Waals surface area contributed by atoms with E-state index in [4.69, 9.17) is 16.0 Å². The van der Waals surface area contributed by atoms with Gasteiger partial charge < -0.3 is 14.6 Å². The molecule has 0 radical (unpaired) electrons. The lowest BCUT2D eigenvalue weighted by atomic mass is 10.1. The Kier molecular flexibility index (Phi) is 7.09. The quantitative estimate of drug-likeness (QED) is 0.584. The number of aromatic nitrogens is 1. The fourth-order valence-corrected chi connectivity index (χ4v) is 3.80. The molecule has 0 bridgehead atoms. The van der Waals surface area contributed by atoms with E-state index in [0.29, 0.717) is 23.1 Å². The van der Waals surface area contributed by atoms with Gasteiger partial charge in [-0.3, -0.25) is 14.6 Å². The van der Waals surface area contributed by atoms with Crippen LogP contribution in [0.15, 0.2) is 59.2 Å². The van der Waals surface area contributed by atoms with E-state index in [9.17, 15) is 4.79 Å². The number of anilines is 2. The first kappa shape index (κ1) is 22.3. The van der Waals surface area contributed by atoms with E-state index < -0.39 is 0 Å². The van der Waals surface area contributed by atoms with Crippen molar-refractivity contribution < 1.29 is 9.21 Å². The number of hydrogen-bond donors (Lipinski definition) is 1. The van der Waals surface area contributed by atoms with Crippen molar-refractivity contribution in [3.05, 3.63) is 77.0 Å². The molecule has 0 saturated carbocycles. The standard InChI is InChI=1S/C24H28ClN5O2/c1-28(2)21-9-3-18(4-10-21)15-29-11-13-30(14-12-29)16-23-27-22(17-32-23)24(31)26-20-7-5-19(25)6-8-20/h3-10,17H,11-16H2,1-2H3,(H,26,31). The molecule has 1 fully saturated rings. The smallest absolute Gasteiger partial charge is 0.277 e. The van der Waals surface area contributed by atoms with Crippen LogP contribution in [-0.4, -0.2) is 61.0 Å². The SMILES string of the molecule is CN(C)c1ccc(CN2CCN(Cc3nc(C(=O)Nc4ccc(Cl)cc4)co3)CC2)cc1. The first-order valence-corrected chi connectivity index (χ1v) is 11.1. The topological polar surface area (TPSA) is 64.8 Å². The molecule has 0 spiro atoms. The third-order valence-electron chi connectivity index (χ3n) is 5.57. The number of carbonyl (C=O) groups is 1. The molecule has 1 N–H and O–H groups in total. The van der Waals surface area contributed by atoms with E-state index in [1.807, 2.05) is 0 Å². The summed E-state index contributed by atoms with van der Waals surface area (Å²) in [6.07, 6.45) is 1.41. The Balaban J connectivity index is 1.24. The molecule has 4 rings (SSSR count). The second-order valence-corrected chi connectivity index (χ2v) is 8.64. The molecule has 1 aromatic heterocycles. The Morgan fingerprint density at radius 1 is 1.00 bits per heavy atom. The molecule has 168 valence electrons. The fraction of sp³-hybridized carbons (Fsp3) is 0.333. The van der Waals surface area contributed by atoms with E-state index in [1.54, 1.807) is 24.3 Å². The molecular weight excluding hydrogens is 426 g/mol. The Bertz CT molecular complexity index is 1030. The molecule has 1 aliphatic heterocycles. The van der Waals surface area contributed by atoms with Crippen LogP contribution >= 0.6 is 11.6 Å². The molecule has 1 amide bonds. The molecule has 2 heterocycles. The van der Waals surface area contributed by atoms with Crippen LogP contribution in [0, 0.1) is 0 Å². The normalized spacial score (nSPS) is 15.0. The van der Waals surface area contributed by atoms with Gasteiger partial charge in [0.05, 0.1) is 6.54 Å². The third-order valence-corrected chi connectivity index (χ3v) is 5.82. The number of nitrogens with zero attached hydrogens (tertiary/aromatic N) is 4. The minimum atomic E-state index is -0.299. The van der Waals surface area contributed by atoms with E-state index in [2.05, 4.69) is 63.4 Å². The predicted octanol–water partition coefficient (Wildman–Crippen LogP) is 3.96. The number of halogens is 1. The van der Waals surface area contributed by atoms with Gasteiger partial charge >= 0.3 is 0 Å². The highest BCUT2D eigenvalue weighted by Crippen LogP contribution is 2.17. The molecule has 1 aliphatic rings. The second-order valence-electron chi connectivity index (χ2n) is 8.20. The van der Waals surface area contributed by atoms with E-state index in [0.717, 1.165) is 32.7 Å². The van der Waals surface area contributed by atoms with Gasteiger partial charge in [0.2, 0.25) is 5.89 Å². The van der Waals surface area contributed by atoms with Crippen LogP contribution in [0.25, 0.3) is 0 Å².